The van der Waals surface area contributed by atoms with Gasteiger partial charge in [0.2, 0.25) is 6.08 Å². The summed E-state index contributed by atoms with van der Waals surface area (Å²) in [5, 5.41) is 10.9. The van der Waals surface area contributed by atoms with Gasteiger partial charge in [0.05, 0.1) is 0 Å². The minimum Gasteiger partial charge on any atom is -0.222 e. The van der Waals surface area contributed by atoms with Gasteiger partial charge in [-0.05, 0) is 0 Å². The highest BCUT2D eigenvalue weighted by molar-refractivity contribution is 5.26. The Bertz CT molecular complexity index is 30.6. The van der Waals surface area contributed by atoms with Crippen LogP contribution in [0.25, 0.3) is 0 Å². The molecule has 0 aromatic rings. The topological polar surface area (TPSA) is 61.2 Å². The molecule has 0 unspecified atom stereocenters. The Labute approximate surface area is 27.5 Å². The van der Waals surface area contributed by atoms with E-state index in [4.69, 9.17) is 20.0 Å². The maximum atomic E-state index is 8.50. The summed E-state index contributed by atoms with van der Waals surface area (Å²) in [5.41, 5.74) is 0. The molecule has 0 radical (unpaired) electrons. The van der Waals surface area contributed by atoms with Crippen LogP contribution in [-0.4, -0.2) is 11.4 Å². The molecule has 0 saturated carbocycles. The van der Waals surface area contributed by atoms with Gasteiger partial charge >= 0.3 is 0 Å². The molecule has 0 rings (SSSR count). The van der Waals surface area contributed by atoms with Gasteiger partial charge in [0, 0.05) is 0 Å². The fourth-order valence-electron chi connectivity index (χ4n) is 0. The van der Waals surface area contributed by atoms with Crippen LogP contribution < -0.4 is 0 Å². The van der Waals surface area contributed by atoms with Crippen molar-refractivity contribution < 1.29 is 14.6 Å². The maximum Gasteiger partial charge on any atom is 0.231 e. The molecule has 0 heterocycles. The second-order valence-corrected chi connectivity index (χ2v) is 0.102. The quantitative estimate of drug-likeness (QED) is 0.311. The van der Waals surface area contributed by atoms with Crippen LogP contribution in [0.2, 0.25) is 0 Å². The lowest BCUT2D eigenvalue weighted by atomic mass is 11.7. The third kappa shape index (κ3) is 9.90. The monoisotopic (exact) mass is 79.0 g/mol. The van der Waals surface area contributed by atoms with Gasteiger partial charge < -0.3 is 0 Å². The number of carbonyl (C=O) groups excluding carboxylic acids is 1. The lowest BCUT2D eigenvalue weighted by Crippen LogP contribution is -1.16. The number of hydrogen-bond acceptors (Lipinski definition) is 3. The van der Waals surface area contributed by atoms with Gasteiger partial charge in [0.15, 0.2) is 0 Å². The Morgan fingerprint density at radius 3 is 1.80 bits per heavy atom. The summed E-state index contributed by atoms with van der Waals surface area (Å²) < 4.78 is 8.50. The fourth-order valence-corrected chi connectivity index (χ4v) is 0. The van der Waals surface area contributed by atoms with Crippen molar-refractivity contribution in [3.8, 4) is 0 Å². The molecule has 0 amide bonds. The minimum absolute atomic E-state index is 0.750. The van der Waals surface area contributed by atoms with E-state index in [0.29, 0.717) is 0 Å². The van der Waals surface area contributed by atoms with Crippen molar-refractivity contribution in [1.29, 1.82) is 5.41 Å². The molecule has 0 aliphatic rings. The van der Waals surface area contributed by atoms with E-state index < -0.39 is 0 Å². The predicted octanol–water partition coefficient (Wildman–Crippen LogP) is -0.236. The Kier molecular flexibility index (Phi) is 410. The molecular weight excluding hydrogens is 77.0 g/mol. The van der Waals surface area contributed by atoms with Gasteiger partial charge in [-0.2, -0.15) is 0 Å². The fraction of sp³-hybridized carbons (Fsp3) is 0. The molecule has 0 spiro atoms. The van der Waals surface area contributed by atoms with Crippen LogP contribution in [0, 0.1) is 5.41 Å². The number of nitrogens with one attached hydrogen (secondary N) is 1. The summed E-state index contributed by atoms with van der Waals surface area (Å²) in [7, 11) is 0. The lowest BCUT2D eigenvalue weighted by Gasteiger charge is -1.13. The first-order valence-electron chi connectivity index (χ1n) is 0.623. The first-order valence-corrected chi connectivity index (χ1v) is 0.623. The Morgan fingerprint density at radius 1 is 1.80 bits per heavy atom. The lowest BCUT2D eigenvalue weighted by molar-refractivity contribution is -0.0441. The summed E-state index contributed by atoms with van der Waals surface area (Å²) in [4.78, 5) is 8.35. The molecule has 0 atom stereocenters. The molecule has 0 aromatic heterocycles. The molecule has 0 fully saturated rings. The molecule has 0 saturated heterocycles. The van der Waals surface area contributed by atoms with Crippen LogP contribution in [0.3, 0.4) is 0 Å². The van der Waals surface area contributed by atoms with Crippen LogP contribution in [0.1, 0.15) is 0 Å². The van der Waals surface area contributed by atoms with Crippen LogP contribution >= 0.6 is 0 Å². The maximum absolute atomic E-state index is 8.50. The smallest absolute Gasteiger partial charge is 0.222 e. The van der Waals surface area contributed by atoms with Crippen LogP contribution in [0.5, 0.6) is 0 Å². The second-order valence-electron chi connectivity index (χ2n) is 0.102. The number of halogens is 1. The van der Waals surface area contributed by atoms with E-state index in [-0.39, 0.29) is 0 Å². The zero-order valence-corrected chi connectivity index (χ0v) is 2.23. The number of rotatable bonds is 0. The summed E-state index contributed by atoms with van der Waals surface area (Å²) in [6.07, 6.45) is 0.750. The largest absolute Gasteiger partial charge is 0.231 e. The summed E-state index contributed by atoms with van der Waals surface area (Å²) in [5.74, 6) is 0. The van der Waals surface area contributed by atoms with Crippen molar-refractivity contribution in [1.82, 2.24) is 0 Å². The van der Waals surface area contributed by atoms with Gasteiger partial charge in [-0.3, -0.25) is 0 Å². The van der Waals surface area contributed by atoms with Gasteiger partial charge in [0.1, 0.15) is 0 Å². The van der Waals surface area contributed by atoms with E-state index >= 15 is 0 Å². The molecule has 5 heavy (non-hydrogen) atoms. The third-order valence-corrected chi connectivity index (χ3v) is 0. The SMILES string of the molecule is N=C=O.OF. The molecule has 0 aliphatic carbocycles. The molecule has 3 nitrogen and oxygen atoms in total. The van der Waals surface area contributed by atoms with Gasteiger partial charge in [-0.1, -0.05) is 4.53 Å². The van der Waals surface area contributed by atoms with Gasteiger partial charge in [-0.15, -0.1) is 0 Å². The van der Waals surface area contributed by atoms with Gasteiger partial charge in [0.25, 0.3) is 0 Å². The minimum atomic E-state index is 0.750. The van der Waals surface area contributed by atoms with E-state index in [1.165, 1.54) is 0 Å². The highest BCUT2D eigenvalue weighted by atomic mass is 19.3. The first kappa shape index (κ1) is 8.86. The molecule has 0 aromatic carbocycles. The first-order chi connectivity index (χ1) is 2.41. The summed E-state index contributed by atoms with van der Waals surface area (Å²) in [6, 6.07) is 0. The second kappa shape index (κ2) is 231. The van der Waals surface area contributed by atoms with Crippen LogP contribution in [0.4, 0.5) is 4.53 Å². The molecule has 0 bridgehead atoms. The molecule has 30 valence electrons. The van der Waals surface area contributed by atoms with E-state index in [0.717, 1.165) is 6.08 Å². The molecular formula is CH2FNO2. The zero-order chi connectivity index (χ0) is 4.71. The van der Waals surface area contributed by atoms with Crippen LogP contribution in [0.15, 0.2) is 0 Å². The Balaban J connectivity index is 0. The molecule has 4 heteroatoms. The Hall–Kier alpha value is -0.730. The van der Waals surface area contributed by atoms with Gasteiger partial charge in [-0.25, -0.2) is 15.5 Å². The number of isocyanates is 1. The van der Waals surface area contributed by atoms with Crippen molar-refractivity contribution in [2.24, 2.45) is 0 Å². The predicted molar refractivity (Wildman–Crippen MR) is 11.7 cm³/mol. The summed E-state index contributed by atoms with van der Waals surface area (Å²) >= 11 is 0. The van der Waals surface area contributed by atoms with Crippen molar-refractivity contribution in [3.05, 3.63) is 0 Å². The van der Waals surface area contributed by atoms with E-state index in [9.17, 15) is 0 Å². The van der Waals surface area contributed by atoms with E-state index in [1.54, 1.807) is 0 Å². The normalized spacial score (nSPS) is 2.80. The number of hydrogen-bond donors (Lipinski definition) is 2. The Morgan fingerprint density at radius 2 is 1.80 bits per heavy atom. The molecule has 2 N–H and O–H groups in total. The average molecular weight is 79.0 g/mol. The van der Waals surface area contributed by atoms with Crippen LogP contribution in [-0.2, 0) is 4.79 Å². The highest BCUT2D eigenvalue weighted by Crippen LogP contribution is 1.13. The standard InChI is InChI=1S/CHNO.FHO/c2-1-3;1-2/h2H;2H. The summed E-state index contributed by atoms with van der Waals surface area (Å²) in [6.45, 7) is 0. The van der Waals surface area contributed by atoms with E-state index in [1.807, 2.05) is 0 Å². The van der Waals surface area contributed by atoms with E-state index in [2.05, 4.69) is 0 Å². The third-order valence-electron chi connectivity index (χ3n) is 0. The zero-order valence-electron chi connectivity index (χ0n) is 2.23. The molecule has 0 aliphatic heterocycles. The average Bonchev–Trinajstić information content (AvgIpc) is 1.46. The highest BCUT2D eigenvalue weighted by Gasteiger charge is 1.03. The van der Waals surface area contributed by atoms with Crippen molar-refractivity contribution >= 4 is 6.08 Å². The van der Waals surface area contributed by atoms with Crippen molar-refractivity contribution in [2.45, 2.75) is 0 Å². The van der Waals surface area contributed by atoms with Crippen molar-refractivity contribution in [3.63, 3.8) is 0 Å². The van der Waals surface area contributed by atoms with Crippen molar-refractivity contribution in [2.75, 3.05) is 0 Å².